The highest BCUT2D eigenvalue weighted by atomic mass is 35.5. The Balaban J connectivity index is 1.68. The van der Waals surface area contributed by atoms with Crippen LogP contribution in [0.1, 0.15) is 51.1 Å². The summed E-state index contributed by atoms with van der Waals surface area (Å²) in [5.74, 6) is -0.460. The molecule has 0 amide bonds. The minimum Gasteiger partial charge on any atom is -0.484 e. The second kappa shape index (κ2) is 8.71. The van der Waals surface area contributed by atoms with Crippen molar-refractivity contribution < 1.29 is 27.9 Å². The number of hydrogen-bond acceptors (Lipinski definition) is 6. The molecule has 0 spiro atoms. The van der Waals surface area contributed by atoms with Crippen LogP contribution in [0.25, 0.3) is 0 Å². The van der Waals surface area contributed by atoms with Crippen molar-refractivity contribution in [2.75, 3.05) is 7.11 Å². The van der Waals surface area contributed by atoms with E-state index in [1.165, 1.54) is 25.3 Å². The number of ketones is 1. The first-order valence-corrected chi connectivity index (χ1v) is 11.0. The van der Waals surface area contributed by atoms with Gasteiger partial charge in [-0.1, -0.05) is 25.4 Å². The molecule has 1 aromatic carbocycles. The van der Waals surface area contributed by atoms with E-state index in [1.54, 1.807) is 19.1 Å². The standard InChI is InChI=1S/C25H25ClFNO5/c1-13-21(24(30)31-4)23(22-17(28-13)10-25(2,3)11-18(22)29)20-8-6-15(33-20)12-32-19-7-5-14(27)9-16(19)26/h5-9,23,28H,10-12H2,1-4H3/t23-/m1/s1. The minimum absolute atomic E-state index is 0.0278. The Morgan fingerprint density at radius 2 is 2.03 bits per heavy atom. The molecule has 6 nitrogen and oxygen atoms in total. The zero-order valence-corrected chi connectivity index (χ0v) is 19.6. The Hall–Kier alpha value is -3.06. The summed E-state index contributed by atoms with van der Waals surface area (Å²) in [5, 5.41) is 3.41. The van der Waals surface area contributed by atoms with Gasteiger partial charge in [0.1, 0.15) is 29.7 Å². The zero-order chi connectivity index (χ0) is 23.9. The molecule has 2 heterocycles. The molecule has 1 aliphatic heterocycles. The molecule has 0 unspecified atom stereocenters. The summed E-state index contributed by atoms with van der Waals surface area (Å²) in [7, 11) is 1.31. The summed E-state index contributed by atoms with van der Waals surface area (Å²) in [4.78, 5) is 25.9. The number of Topliss-reactive ketones (excluding diaryl/α,β-unsaturated/α-hetero) is 1. The van der Waals surface area contributed by atoms with Gasteiger partial charge in [0.2, 0.25) is 0 Å². The summed E-state index contributed by atoms with van der Waals surface area (Å²) in [5.41, 5.74) is 2.12. The first-order valence-electron chi connectivity index (χ1n) is 10.6. The van der Waals surface area contributed by atoms with Crippen molar-refractivity contribution in [1.29, 1.82) is 0 Å². The second-order valence-corrected chi connectivity index (χ2v) is 9.50. The van der Waals surface area contributed by atoms with E-state index in [2.05, 4.69) is 5.32 Å². The van der Waals surface area contributed by atoms with Gasteiger partial charge in [0.05, 0.1) is 23.6 Å². The van der Waals surface area contributed by atoms with Gasteiger partial charge in [-0.3, -0.25) is 4.79 Å². The van der Waals surface area contributed by atoms with Crippen molar-refractivity contribution in [2.24, 2.45) is 5.41 Å². The predicted molar refractivity (Wildman–Crippen MR) is 120 cm³/mol. The van der Waals surface area contributed by atoms with Crippen LogP contribution in [0.15, 0.2) is 57.3 Å². The number of ether oxygens (including phenoxy) is 2. The van der Waals surface area contributed by atoms with E-state index < -0.39 is 17.7 Å². The molecule has 1 aromatic heterocycles. The van der Waals surface area contributed by atoms with E-state index >= 15 is 0 Å². The third-order valence-electron chi connectivity index (χ3n) is 5.88. The summed E-state index contributed by atoms with van der Waals surface area (Å²) in [6, 6.07) is 7.31. The molecule has 33 heavy (non-hydrogen) atoms. The molecule has 4 rings (SSSR count). The summed E-state index contributed by atoms with van der Waals surface area (Å²) < 4.78 is 30.0. The topological polar surface area (TPSA) is 77.8 Å². The number of nitrogens with one attached hydrogen (secondary N) is 1. The Morgan fingerprint density at radius 1 is 1.27 bits per heavy atom. The quantitative estimate of drug-likeness (QED) is 0.583. The molecule has 0 radical (unpaired) electrons. The lowest BCUT2D eigenvalue weighted by Gasteiger charge is -2.38. The van der Waals surface area contributed by atoms with Gasteiger partial charge in [0, 0.05) is 23.4 Å². The van der Waals surface area contributed by atoms with Gasteiger partial charge in [-0.25, -0.2) is 9.18 Å². The number of halogens is 2. The van der Waals surface area contributed by atoms with Gasteiger partial charge < -0.3 is 19.2 Å². The highest BCUT2D eigenvalue weighted by molar-refractivity contribution is 6.32. The van der Waals surface area contributed by atoms with Crippen LogP contribution in [0.3, 0.4) is 0 Å². The van der Waals surface area contributed by atoms with Crippen molar-refractivity contribution in [3.8, 4) is 5.75 Å². The Kier molecular flexibility index (Phi) is 6.10. The normalized spacial score (nSPS) is 19.8. The van der Waals surface area contributed by atoms with Gasteiger partial charge in [-0.2, -0.15) is 0 Å². The van der Waals surface area contributed by atoms with E-state index in [-0.39, 0.29) is 22.8 Å². The zero-order valence-electron chi connectivity index (χ0n) is 18.9. The number of methoxy groups -OCH3 is 1. The molecule has 1 N–H and O–H groups in total. The molecule has 174 valence electrons. The van der Waals surface area contributed by atoms with Crippen LogP contribution < -0.4 is 10.1 Å². The maximum atomic E-state index is 13.3. The summed E-state index contributed by atoms with van der Waals surface area (Å²) in [6.07, 6.45) is 1.05. The van der Waals surface area contributed by atoms with Crippen LogP contribution >= 0.6 is 11.6 Å². The smallest absolute Gasteiger partial charge is 0.336 e. The average Bonchev–Trinajstić information content (AvgIpc) is 3.19. The SMILES string of the molecule is COC(=O)C1=C(C)NC2=C(C(=O)CC(C)(C)C2)[C@@H]1c1ccc(COc2ccc(F)cc2Cl)o1. The first kappa shape index (κ1) is 23.1. The molecule has 1 aliphatic carbocycles. The molecule has 0 saturated heterocycles. The number of allylic oxidation sites excluding steroid dienone is 3. The van der Waals surface area contributed by atoms with Crippen LogP contribution in [0.2, 0.25) is 5.02 Å². The fraction of sp³-hybridized carbons (Fsp3) is 0.360. The fourth-order valence-corrected chi connectivity index (χ4v) is 4.69. The molecule has 0 bridgehead atoms. The maximum Gasteiger partial charge on any atom is 0.336 e. The average molecular weight is 474 g/mol. The fourth-order valence-electron chi connectivity index (χ4n) is 4.47. The number of hydrogen-bond donors (Lipinski definition) is 1. The van der Waals surface area contributed by atoms with Gasteiger partial charge in [0.15, 0.2) is 5.78 Å². The van der Waals surface area contributed by atoms with E-state index in [4.69, 9.17) is 25.5 Å². The van der Waals surface area contributed by atoms with Crippen molar-refractivity contribution in [3.63, 3.8) is 0 Å². The number of rotatable bonds is 5. The van der Waals surface area contributed by atoms with Crippen molar-refractivity contribution in [2.45, 2.75) is 46.1 Å². The molecule has 0 saturated carbocycles. The summed E-state index contributed by atoms with van der Waals surface area (Å²) >= 11 is 6.02. The first-order chi connectivity index (χ1) is 15.6. The van der Waals surface area contributed by atoms with E-state index in [0.29, 0.717) is 47.0 Å². The van der Waals surface area contributed by atoms with Gasteiger partial charge >= 0.3 is 5.97 Å². The van der Waals surface area contributed by atoms with Gasteiger partial charge in [0.25, 0.3) is 0 Å². The monoisotopic (exact) mass is 473 g/mol. The molecular weight excluding hydrogens is 449 g/mol. The Labute approximate surface area is 196 Å². The van der Waals surface area contributed by atoms with Crippen LogP contribution in [0, 0.1) is 11.2 Å². The predicted octanol–water partition coefficient (Wildman–Crippen LogP) is 5.43. The van der Waals surface area contributed by atoms with Crippen molar-refractivity contribution >= 4 is 23.4 Å². The third-order valence-corrected chi connectivity index (χ3v) is 6.17. The maximum absolute atomic E-state index is 13.3. The van der Waals surface area contributed by atoms with E-state index in [1.807, 2.05) is 13.8 Å². The van der Waals surface area contributed by atoms with Gasteiger partial charge in [-0.05, 0) is 49.1 Å². The third kappa shape index (κ3) is 4.55. The molecule has 8 heteroatoms. The Bertz CT molecular complexity index is 1190. The lowest BCUT2D eigenvalue weighted by molar-refractivity contribution is -0.136. The number of esters is 1. The largest absolute Gasteiger partial charge is 0.484 e. The van der Waals surface area contributed by atoms with Gasteiger partial charge in [-0.15, -0.1) is 0 Å². The van der Waals surface area contributed by atoms with E-state index in [9.17, 15) is 14.0 Å². The van der Waals surface area contributed by atoms with Crippen LogP contribution in [0.4, 0.5) is 4.39 Å². The van der Waals surface area contributed by atoms with E-state index in [0.717, 1.165) is 5.70 Å². The molecule has 2 aromatic rings. The number of benzene rings is 1. The number of carbonyl (C=O) groups excluding carboxylic acids is 2. The van der Waals surface area contributed by atoms with Crippen molar-refractivity contribution in [3.05, 3.63) is 75.2 Å². The Morgan fingerprint density at radius 3 is 2.73 bits per heavy atom. The summed E-state index contributed by atoms with van der Waals surface area (Å²) in [6.45, 7) is 5.92. The van der Waals surface area contributed by atoms with Crippen molar-refractivity contribution in [1.82, 2.24) is 5.32 Å². The number of dihydropyridines is 1. The van der Waals surface area contributed by atoms with Crippen LogP contribution in [-0.4, -0.2) is 18.9 Å². The number of carbonyl (C=O) groups is 2. The lowest BCUT2D eigenvalue weighted by atomic mass is 9.69. The van der Waals surface area contributed by atoms with Crippen LogP contribution in [0.5, 0.6) is 5.75 Å². The molecule has 0 fully saturated rings. The lowest BCUT2D eigenvalue weighted by Crippen LogP contribution is -2.38. The molecule has 1 atom stereocenters. The highest BCUT2D eigenvalue weighted by Gasteiger charge is 2.44. The second-order valence-electron chi connectivity index (χ2n) is 9.09. The molecular formula is C25H25ClFNO5. The highest BCUT2D eigenvalue weighted by Crippen LogP contribution is 2.47. The van der Waals surface area contributed by atoms with Crippen LogP contribution in [-0.2, 0) is 20.9 Å². The molecule has 2 aliphatic rings. The number of furan rings is 1. The minimum atomic E-state index is -0.680.